The van der Waals surface area contributed by atoms with Gasteiger partial charge in [0.2, 0.25) is 0 Å². The predicted octanol–water partition coefficient (Wildman–Crippen LogP) is 1.52. The molecule has 0 amide bonds. The predicted molar refractivity (Wildman–Crippen MR) is 68.2 cm³/mol. The van der Waals surface area contributed by atoms with Crippen molar-refractivity contribution < 1.29 is 14.3 Å². The van der Waals surface area contributed by atoms with Crippen LogP contribution in [0.3, 0.4) is 0 Å². The molecule has 4 nitrogen and oxygen atoms in total. The molecule has 0 aromatic heterocycles. The fourth-order valence-electron chi connectivity index (χ4n) is 1.55. The van der Waals surface area contributed by atoms with Gasteiger partial charge in [0, 0.05) is 25.2 Å². The lowest BCUT2D eigenvalue weighted by Gasteiger charge is -2.19. The Morgan fingerprint density at radius 2 is 1.94 bits per heavy atom. The zero-order valence-electron chi connectivity index (χ0n) is 11.0. The molecule has 18 heavy (non-hydrogen) atoms. The van der Waals surface area contributed by atoms with E-state index in [1.54, 1.807) is 0 Å². The molecule has 0 saturated heterocycles. The van der Waals surface area contributed by atoms with E-state index in [0.29, 0.717) is 12.1 Å². The van der Waals surface area contributed by atoms with E-state index in [0.717, 1.165) is 19.2 Å². The third-order valence-electron chi connectivity index (χ3n) is 2.67. The lowest BCUT2D eigenvalue weighted by molar-refractivity contribution is 0.0696. The molecule has 1 rings (SSSR count). The quantitative estimate of drug-likeness (QED) is 0.836. The van der Waals surface area contributed by atoms with Gasteiger partial charge in [-0.05, 0) is 33.3 Å². The van der Waals surface area contributed by atoms with Gasteiger partial charge in [-0.25, -0.2) is 9.18 Å². The first-order valence-corrected chi connectivity index (χ1v) is 5.75. The molecule has 0 heterocycles. The highest BCUT2D eigenvalue weighted by atomic mass is 19.1. The normalized spacial score (nSPS) is 11.2. The summed E-state index contributed by atoms with van der Waals surface area (Å²) in [4.78, 5) is 14.7. The molecule has 0 bridgehead atoms. The van der Waals surface area contributed by atoms with E-state index in [2.05, 4.69) is 4.90 Å². The maximum atomic E-state index is 13.7. The third kappa shape index (κ3) is 4.43. The third-order valence-corrected chi connectivity index (χ3v) is 2.67. The Morgan fingerprint density at radius 3 is 2.44 bits per heavy atom. The lowest BCUT2D eigenvalue weighted by atomic mass is 10.1. The maximum absolute atomic E-state index is 13.7. The van der Waals surface area contributed by atoms with E-state index >= 15 is 0 Å². The topological polar surface area (TPSA) is 43.8 Å². The van der Waals surface area contributed by atoms with Crippen LogP contribution in [0.25, 0.3) is 0 Å². The Morgan fingerprint density at radius 1 is 1.28 bits per heavy atom. The van der Waals surface area contributed by atoms with Gasteiger partial charge in [0.15, 0.2) is 0 Å². The minimum atomic E-state index is -1.11. The average Bonchev–Trinajstić information content (AvgIpc) is 2.29. The number of rotatable bonds is 6. The van der Waals surface area contributed by atoms with Crippen molar-refractivity contribution >= 4 is 5.97 Å². The van der Waals surface area contributed by atoms with E-state index in [4.69, 9.17) is 5.11 Å². The van der Waals surface area contributed by atoms with Gasteiger partial charge in [-0.1, -0.05) is 6.07 Å². The standard InChI is InChI=1S/C13H19FN2O2/c1-15(2)6-7-16(3)9-11-5-4-10(13(17)18)8-12(11)14/h4-5,8H,6-7,9H2,1-3H3,(H,17,18). The highest BCUT2D eigenvalue weighted by Crippen LogP contribution is 2.12. The van der Waals surface area contributed by atoms with Gasteiger partial charge in [-0.15, -0.1) is 0 Å². The first-order valence-electron chi connectivity index (χ1n) is 5.75. The number of hydrogen-bond acceptors (Lipinski definition) is 3. The van der Waals surface area contributed by atoms with Crippen molar-refractivity contribution in [1.82, 2.24) is 9.80 Å². The summed E-state index contributed by atoms with van der Waals surface area (Å²) in [6.45, 7) is 2.19. The summed E-state index contributed by atoms with van der Waals surface area (Å²) < 4.78 is 13.7. The molecule has 0 aliphatic carbocycles. The highest BCUT2D eigenvalue weighted by Gasteiger charge is 2.10. The first-order chi connectivity index (χ1) is 8.40. The number of carboxylic acids is 1. The molecule has 0 aliphatic rings. The van der Waals surface area contributed by atoms with Crippen LogP contribution < -0.4 is 0 Å². The second-order valence-electron chi connectivity index (χ2n) is 4.65. The summed E-state index contributed by atoms with van der Waals surface area (Å²) in [5.41, 5.74) is 0.494. The summed E-state index contributed by atoms with van der Waals surface area (Å²) in [7, 11) is 5.88. The van der Waals surface area contributed by atoms with Crippen LogP contribution in [0.4, 0.5) is 4.39 Å². The summed E-state index contributed by atoms with van der Waals surface area (Å²) >= 11 is 0. The number of hydrogen-bond donors (Lipinski definition) is 1. The van der Waals surface area contributed by atoms with E-state index in [9.17, 15) is 9.18 Å². The van der Waals surface area contributed by atoms with Gasteiger partial charge >= 0.3 is 5.97 Å². The average molecular weight is 254 g/mol. The Kier molecular flexibility index (Phi) is 5.25. The zero-order chi connectivity index (χ0) is 13.7. The fraction of sp³-hybridized carbons (Fsp3) is 0.462. The Labute approximate surface area is 107 Å². The Bertz CT molecular complexity index is 421. The van der Waals surface area contributed by atoms with Gasteiger partial charge in [0.25, 0.3) is 0 Å². The molecule has 1 N–H and O–H groups in total. The van der Waals surface area contributed by atoms with Crippen LogP contribution in [0.15, 0.2) is 18.2 Å². The minimum absolute atomic E-state index is 0.0211. The van der Waals surface area contributed by atoms with Crippen molar-refractivity contribution in [2.45, 2.75) is 6.54 Å². The van der Waals surface area contributed by atoms with E-state index < -0.39 is 11.8 Å². The molecular formula is C13H19FN2O2. The van der Waals surface area contributed by atoms with Gasteiger partial charge < -0.3 is 14.9 Å². The molecule has 0 fully saturated rings. The molecule has 0 spiro atoms. The molecule has 5 heteroatoms. The van der Waals surface area contributed by atoms with E-state index in [-0.39, 0.29) is 5.56 Å². The van der Waals surface area contributed by atoms with E-state index in [1.807, 2.05) is 26.0 Å². The lowest BCUT2D eigenvalue weighted by Crippen LogP contribution is -2.28. The van der Waals surface area contributed by atoms with Gasteiger partial charge in [-0.3, -0.25) is 0 Å². The van der Waals surface area contributed by atoms with Crippen molar-refractivity contribution in [3.05, 3.63) is 35.1 Å². The van der Waals surface area contributed by atoms with Crippen molar-refractivity contribution in [1.29, 1.82) is 0 Å². The van der Waals surface area contributed by atoms with Gasteiger partial charge in [-0.2, -0.15) is 0 Å². The molecule has 0 unspecified atom stereocenters. The van der Waals surface area contributed by atoms with E-state index in [1.165, 1.54) is 12.1 Å². The van der Waals surface area contributed by atoms with Crippen LogP contribution in [0, 0.1) is 5.82 Å². The van der Waals surface area contributed by atoms with Crippen LogP contribution >= 0.6 is 0 Å². The Balaban J connectivity index is 2.64. The highest BCUT2D eigenvalue weighted by molar-refractivity contribution is 5.87. The molecule has 1 aromatic carbocycles. The fourth-order valence-corrected chi connectivity index (χ4v) is 1.55. The number of halogens is 1. The maximum Gasteiger partial charge on any atom is 0.335 e. The molecule has 0 atom stereocenters. The number of carboxylic acid groups (broad SMARTS) is 1. The van der Waals surface area contributed by atoms with Crippen LogP contribution in [0.2, 0.25) is 0 Å². The summed E-state index contributed by atoms with van der Waals surface area (Å²) in [5.74, 6) is -1.58. The van der Waals surface area contributed by atoms with Crippen molar-refractivity contribution in [3.8, 4) is 0 Å². The second kappa shape index (κ2) is 6.47. The minimum Gasteiger partial charge on any atom is -0.478 e. The largest absolute Gasteiger partial charge is 0.478 e. The zero-order valence-corrected chi connectivity index (χ0v) is 11.0. The molecule has 0 aliphatic heterocycles. The molecule has 1 aromatic rings. The SMILES string of the molecule is CN(C)CCN(C)Cc1ccc(C(=O)O)cc1F. The van der Waals surface area contributed by atoms with Crippen molar-refractivity contribution in [2.75, 3.05) is 34.2 Å². The monoisotopic (exact) mass is 254 g/mol. The number of benzene rings is 1. The molecular weight excluding hydrogens is 235 g/mol. The first kappa shape index (κ1) is 14.6. The van der Waals surface area contributed by atoms with Crippen LogP contribution in [0.1, 0.15) is 15.9 Å². The smallest absolute Gasteiger partial charge is 0.335 e. The molecule has 100 valence electrons. The molecule has 0 radical (unpaired) electrons. The second-order valence-corrected chi connectivity index (χ2v) is 4.65. The number of aromatic carboxylic acids is 1. The number of likely N-dealkylation sites (N-methyl/N-ethyl adjacent to an activating group) is 2. The van der Waals surface area contributed by atoms with Crippen LogP contribution in [0.5, 0.6) is 0 Å². The van der Waals surface area contributed by atoms with Crippen molar-refractivity contribution in [2.24, 2.45) is 0 Å². The number of carbonyl (C=O) groups is 1. The number of nitrogens with zero attached hydrogens (tertiary/aromatic N) is 2. The van der Waals surface area contributed by atoms with Crippen LogP contribution in [-0.4, -0.2) is 55.1 Å². The van der Waals surface area contributed by atoms with Gasteiger partial charge in [0.05, 0.1) is 5.56 Å². The summed E-state index contributed by atoms with van der Waals surface area (Å²) in [5, 5.41) is 8.74. The Hall–Kier alpha value is -1.46. The summed E-state index contributed by atoms with van der Waals surface area (Å²) in [6, 6.07) is 4.03. The van der Waals surface area contributed by atoms with Crippen LogP contribution in [-0.2, 0) is 6.54 Å². The summed E-state index contributed by atoms with van der Waals surface area (Å²) in [6.07, 6.45) is 0. The molecule has 0 saturated carbocycles. The van der Waals surface area contributed by atoms with Gasteiger partial charge in [0.1, 0.15) is 5.82 Å². The van der Waals surface area contributed by atoms with Crippen molar-refractivity contribution in [3.63, 3.8) is 0 Å².